The van der Waals surface area contributed by atoms with Crippen LogP contribution in [0.25, 0.3) is 0 Å². The first-order valence-corrected chi connectivity index (χ1v) is 8.07. The summed E-state index contributed by atoms with van der Waals surface area (Å²) in [5.41, 5.74) is 7.17. The third-order valence-corrected chi connectivity index (χ3v) is 3.63. The van der Waals surface area contributed by atoms with Crippen LogP contribution in [-0.4, -0.2) is 25.0 Å². The number of aliphatic imine (C=N–C) groups is 1. The van der Waals surface area contributed by atoms with Crippen LogP contribution in [0, 0.1) is 5.41 Å². The van der Waals surface area contributed by atoms with Gasteiger partial charge >= 0.3 is 0 Å². The minimum atomic E-state index is -0.408. The van der Waals surface area contributed by atoms with Crippen LogP contribution in [-0.2, 0) is 6.54 Å². The van der Waals surface area contributed by atoms with Gasteiger partial charge in [0.1, 0.15) is 0 Å². The fourth-order valence-corrected chi connectivity index (χ4v) is 2.12. The number of carbonyl (C=O) groups is 1. The van der Waals surface area contributed by atoms with E-state index in [9.17, 15) is 4.79 Å². The Morgan fingerprint density at radius 1 is 1.25 bits per heavy atom. The zero-order chi connectivity index (χ0) is 17.5. The maximum Gasteiger partial charge on any atom is 0.248 e. The van der Waals surface area contributed by atoms with E-state index in [-0.39, 0.29) is 24.0 Å². The van der Waals surface area contributed by atoms with E-state index < -0.39 is 5.91 Å². The standard InChI is InChI=1S/C18H30N4O.HI/c1-13(10-11-18(2,3)4)22-17(20-5)21-12-14-6-8-15(9-7-14)16(19)23;/h6-9,13H,10-12H2,1-5H3,(H2,19,23)(H2,20,21,22);1H. The summed E-state index contributed by atoms with van der Waals surface area (Å²) in [6.45, 7) is 9.57. The molecule has 1 atom stereocenters. The van der Waals surface area contributed by atoms with Crippen molar-refractivity contribution in [2.24, 2.45) is 16.1 Å². The Hall–Kier alpha value is -1.31. The number of amides is 1. The molecule has 24 heavy (non-hydrogen) atoms. The fourth-order valence-electron chi connectivity index (χ4n) is 2.12. The molecule has 136 valence electrons. The van der Waals surface area contributed by atoms with Crippen molar-refractivity contribution in [3.8, 4) is 0 Å². The molecule has 5 nitrogen and oxygen atoms in total. The van der Waals surface area contributed by atoms with Gasteiger partial charge in [-0.3, -0.25) is 9.79 Å². The van der Waals surface area contributed by atoms with Gasteiger partial charge in [-0.2, -0.15) is 0 Å². The summed E-state index contributed by atoms with van der Waals surface area (Å²) >= 11 is 0. The van der Waals surface area contributed by atoms with Crippen molar-refractivity contribution in [1.82, 2.24) is 10.6 Å². The van der Waals surface area contributed by atoms with Crippen molar-refractivity contribution < 1.29 is 4.79 Å². The molecule has 4 N–H and O–H groups in total. The van der Waals surface area contributed by atoms with E-state index in [2.05, 4.69) is 43.3 Å². The molecule has 0 radical (unpaired) electrons. The van der Waals surface area contributed by atoms with E-state index in [1.807, 2.05) is 12.1 Å². The first-order valence-electron chi connectivity index (χ1n) is 8.07. The summed E-state index contributed by atoms with van der Waals surface area (Å²) < 4.78 is 0. The molecule has 1 aromatic carbocycles. The number of nitrogens with one attached hydrogen (secondary N) is 2. The molecule has 0 aromatic heterocycles. The zero-order valence-electron chi connectivity index (χ0n) is 15.3. The highest BCUT2D eigenvalue weighted by Gasteiger charge is 2.13. The molecule has 1 amide bonds. The second-order valence-electron chi connectivity index (χ2n) is 7.13. The summed E-state index contributed by atoms with van der Waals surface area (Å²) in [6.07, 6.45) is 2.25. The average molecular weight is 446 g/mol. The maximum absolute atomic E-state index is 11.1. The Morgan fingerprint density at radius 2 is 1.83 bits per heavy atom. The number of hydrogen-bond donors (Lipinski definition) is 3. The second kappa shape index (κ2) is 10.5. The van der Waals surface area contributed by atoms with Crippen LogP contribution < -0.4 is 16.4 Å². The number of nitrogens with zero attached hydrogens (tertiary/aromatic N) is 1. The van der Waals surface area contributed by atoms with Crippen molar-refractivity contribution in [1.29, 1.82) is 0 Å². The largest absolute Gasteiger partial charge is 0.366 e. The van der Waals surface area contributed by atoms with Gasteiger partial charge in [-0.05, 0) is 42.9 Å². The Morgan fingerprint density at radius 3 is 2.29 bits per heavy atom. The SMILES string of the molecule is CN=C(NCc1ccc(C(N)=O)cc1)NC(C)CCC(C)(C)C.I. The Balaban J connectivity index is 0.00000529. The summed E-state index contributed by atoms with van der Waals surface area (Å²) in [4.78, 5) is 15.3. The van der Waals surface area contributed by atoms with E-state index in [1.165, 1.54) is 0 Å². The summed E-state index contributed by atoms with van der Waals surface area (Å²) in [7, 11) is 1.77. The molecule has 0 spiro atoms. The molecule has 0 aliphatic rings. The van der Waals surface area contributed by atoms with Gasteiger partial charge in [-0.15, -0.1) is 24.0 Å². The molecule has 6 heteroatoms. The van der Waals surface area contributed by atoms with Crippen LogP contribution in [0.4, 0.5) is 0 Å². The quantitative estimate of drug-likeness (QED) is 0.357. The number of benzene rings is 1. The minimum absolute atomic E-state index is 0. The van der Waals surface area contributed by atoms with Gasteiger partial charge in [0.2, 0.25) is 5.91 Å². The van der Waals surface area contributed by atoms with Crippen molar-refractivity contribution in [3.63, 3.8) is 0 Å². The number of guanidine groups is 1. The number of halogens is 1. The predicted octanol–water partition coefficient (Wildman–Crippen LogP) is 3.28. The average Bonchev–Trinajstić information content (AvgIpc) is 2.49. The normalized spacial score (nSPS) is 13.0. The second-order valence-corrected chi connectivity index (χ2v) is 7.13. The Labute approximate surface area is 162 Å². The number of hydrogen-bond acceptors (Lipinski definition) is 2. The minimum Gasteiger partial charge on any atom is -0.366 e. The number of nitrogens with two attached hydrogens (primary N) is 1. The summed E-state index contributed by atoms with van der Waals surface area (Å²) in [6, 6.07) is 7.62. The lowest BCUT2D eigenvalue weighted by Crippen LogP contribution is -2.42. The summed E-state index contributed by atoms with van der Waals surface area (Å²) in [5, 5.41) is 6.69. The van der Waals surface area contributed by atoms with E-state index in [4.69, 9.17) is 5.73 Å². The highest BCUT2D eigenvalue weighted by Crippen LogP contribution is 2.21. The molecule has 0 fully saturated rings. The monoisotopic (exact) mass is 446 g/mol. The number of primary amides is 1. The van der Waals surface area contributed by atoms with E-state index in [0.717, 1.165) is 24.4 Å². The van der Waals surface area contributed by atoms with Crippen molar-refractivity contribution in [2.45, 2.75) is 53.1 Å². The van der Waals surface area contributed by atoms with Crippen molar-refractivity contribution in [3.05, 3.63) is 35.4 Å². The molecule has 0 heterocycles. The first-order chi connectivity index (χ1) is 10.7. The predicted molar refractivity (Wildman–Crippen MR) is 112 cm³/mol. The maximum atomic E-state index is 11.1. The van der Waals surface area contributed by atoms with Crippen LogP contribution >= 0.6 is 24.0 Å². The molecule has 0 aliphatic heterocycles. The van der Waals surface area contributed by atoms with Gasteiger partial charge in [-0.25, -0.2) is 0 Å². The molecule has 0 bridgehead atoms. The van der Waals surface area contributed by atoms with E-state index >= 15 is 0 Å². The van der Waals surface area contributed by atoms with Gasteiger partial charge in [0, 0.05) is 25.2 Å². The number of carbonyl (C=O) groups excluding carboxylic acids is 1. The van der Waals surface area contributed by atoms with Crippen LogP contribution in [0.15, 0.2) is 29.3 Å². The third kappa shape index (κ3) is 9.10. The molecule has 0 saturated heterocycles. The molecule has 1 rings (SSSR count). The molecule has 1 unspecified atom stereocenters. The van der Waals surface area contributed by atoms with Gasteiger partial charge < -0.3 is 16.4 Å². The van der Waals surface area contributed by atoms with E-state index in [1.54, 1.807) is 19.2 Å². The third-order valence-electron chi connectivity index (χ3n) is 3.63. The molecular weight excluding hydrogens is 415 g/mol. The Bertz CT molecular complexity index is 535. The number of rotatable bonds is 6. The van der Waals surface area contributed by atoms with Crippen LogP contribution in [0.2, 0.25) is 0 Å². The zero-order valence-corrected chi connectivity index (χ0v) is 17.7. The highest BCUT2D eigenvalue weighted by atomic mass is 127. The van der Waals surface area contributed by atoms with E-state index in [0.29, 0.717) is 23.6 Å². The molecule has 1 aromatic rings. The topological polar surface area (TPSA) is 79.5 Å². The fraction of sp³-hybridized carbons (Fsp3) is 0.556. The molecule has 0 aliphatic carbocycles. The first kappa shape index (κ1) is 22.7. The smallest absolute Gasteiger partial charge is 0.248 e. The van der Waals surface area contributed by atoms with Gasteiger partial charge in [0.25, 0.3) is 0 Å². The Kier molecular flexibility index (Phi) is 9.96. The van der Waals surface area contributed by atoms with Crippen molar-refractivity contribution in [2.75, 3.05) is 7.05 Å². The lowest BCUT2D eigenvalue weighted by molar-refractivity contribution is 0.100. The summed E-state index contributed by atoms with van der Waals surface area (Å²) in [5.74, 6) is 0.375. The lowest BCUT2D eigenvalue weighted by Gasteiger charge is -2.23. The van der Waals surface area contributed by atoms with Crippen molar-refractivity contribution >= 4 is 35.8 Å². The van der Waals surface area contributed by atoms with Gasteiger partial charge in [-0.1, -0.05) is 32.9 Å². The lowest BCUT2D eigenvalue weighted by atomic mass is 9.89. The van der Waals surface area contributed by atoms with Gasteiger partial charge in [0.15, 0.2) is 5.96 Å². The molecule has 0 saturated carbocycles. The van der Waals surface area contributed by atoms with Crippen LogP contribution in [0.5, 0.6) is 0 Å². The van der Waals surface area contributed by atoms with Gasteiger partial charge in [0.05, 0.1) is 0 Å². The highest BCUT2D eigenvalue weighted by molar-refractivity contribution is 14.0. The van der Waals surface area contributed by atoms with Crippen LogP contribution in [0.1, 0.15) is 56.5 Å². The van der Waals surface area contributed by atoms with Crippen LogP contribution in [0.3, 0.4) is 0 Å². The molecular formula is C18H31IN4O.